The summed E-state index contributed by atoms with van der Waals surface area (Å²) in [6.45, 7) is 2.45. The Labute approximate surface area is 101 Å². The lowest BCUT2D eigenvalue weighted by Gasteiger charge is -2.28. The third-order valence-corrected chi connectivity index (χ3v) is 5.15. The van der Waals surface area contributed by atoms with Crippen LogP contribution in [0.3, 0.4) is 0 Å². The number of nitrogens with one attached hydrogen (secondary N) is 1. The molecule has 0 amide bonds. The molecule has 4 nitrogen and oxygen atoms in total. The molecule has 1 fully saturated rings. The molecule has 88 valence electrons. The van der Waals surface area contributed by atoms with Gasteiger partial charge < -0.3 is 5.32 Å². The number of hydrogen-bond acceptors (Lipinski definition) is 4. The summed E-state index contributed by atoms with van der Waals surface area (Å²) >= 11 is 5.10. The summed E-state index contributed by atoms with van der Waals surface area (Å²) in [4.78, 5) is 0.813. The fraction of sp³-hybridized carbons (Fsp3) is 0.500. The van der Waals surface area contributed by atoms with Gasteiger partial charge in [-0.05, 0) is 6.08 Å². The molecule has 16 heavy (non-hydrogen) atoms. The van der Waals surface area contributed by atoms with Crippen LogP contribution < -0.4 is 5.32 Å². The molecule has 0 aromatic rings. The second-order valence-corrected chi connectivity index (χ2v) is 6.14. The molecule has 2 rings (SSSR count). The van der Waals surface area contributed by atoms with E-state index >= 15 is 0 Å². The summed E-state index contributed by atoms with van der Waals surface area (Å²) < 4.78 is 26.0. The topological polar surface area (TPSA) is 49.4 Å². The molecule has 0 unspecified atom stereocenters. The second-order valence-electron chi connectivity index (χ2n) is 3.74. The lowest BCUT2D eigenvalue weighted by atomic mass is 10.2. The Morgan fingerprint density at radius 2 is 2.00 bits per heavy atom. The van der Waals surface area contributed by atoms with Crippen molar-refractivity contribution in [3.8, 4) is 0 Å². The molecule has 0 bridgehead atoms. The molecule has 0 radical (unpaired) electrons. The highest BCUT2D eigenvalue weighted by molar-refractivity contribution is 7.96. The maximum absolute atomic E-state index is 12.3. The van der Waals surface area contributed by atoms with E-state index in [0.717, 1.165) is 0 Å². The molecule has 0 aromatic heterocycles. The summed E-state index contributed by atoms with van der Waals surface area (Å²) in [6.07, 6.45) is 5.78. The van der Waals surface area contributed by atoms with Gasteiger partial charge in [-0.2, -0.15) is 4.31 Å². The van der Waals surface area contributed by atoms with E-state index in [1.807, 2.05) is 6.08 Å². The van der Waals surface area contributed by atoms with Crippen LogP contribution in [0.15, 0.2) is 23.1 Å². The first-order valence-corrected chi connectivity index (χ1v) is 7.08. The first-order valence-electron chi connectivity index (χ1n) is 5.23. The van der Waals surface area contributed by atoms with Crippen molar-refractivity contribution in [3.05, 3.63) is 23.1 Å². The van der Waals surface area contributed by atoms with E-state index in [-0.39, 0.29) is 0 Å². The standard InChI is InChI=1S/C10H14N2O2S2/c13-16(14,12-7-5-11-6-8-12)10-4-2-1-3-9(10)15/h1-2,4,11H,3,5-8H2. The van der Waals surface area contributed by atoms with Crippen LogP contribution in [0.4, 0.5) is 0 Å². The predicted molar refractivity (Wildman–Crippen MR) is 67.8 cm³/mol. The summed E-state index contributed by atoms with van der Waals surface area (Å²) in [5, 5.41) is 3.13. The van der Waals surface area contributed by atoms with Crippen molar-refractivity contribution < 1.29 is 8.42 Å². The first kappa shape index (κ1) is 11.9. The minimum atomic E-state index is -3.37. The van der Waals surface area contributed by atoms with E-state index in [9.17, 15) is 8.42 Å². The first-order chi connectivity index (χ1) is 7.62. The Kier molecular flexibility index (Phi) is 3.53. The van der Waals surface area contributed by atoms with Crippen LogP contribution in [0, 0.1) is 0 Å². The zero-order valence-electron chi connectivity index (χ0n) is 8.85. The second kappa shape index (κ2) is 4.75. The number of sulfonamides is 1. The number of piperazine rings is 1. The van der Waals surface area contributed by atoms with Gasteiger partial charge in [0.25, 0.3) is 0 Å². The number of allylic oxidation sites excluding steroid dienone is 4. The fourth-order valence-corrected chi connectivity index (χ4v) is 3.82. The van der Waals surface area contributed by atoms with Crippen molar-refractivity contribution in [2.45, 2.75) is 6.42 Å². The van der Waals surface area contributed by atoms with E-state index < -0.39 is 10.0 Å². The zero-order chi connectivity index (χ0) is 11.6. The van der Waals surface area contributed by atoms with Crippen LogP contribution in [0.25, 0.3) is 0 Å². The minimum Gasteiger partial charge on any atom is -0.314 e. The molecule has 1 N–H and O–H groups in total. The highest BCUT2D eigenvalue weighted by Crippen LogP contribution is 2.20. The van der Waals surface area contributed by atoms with Crippen LogP contribution >= 0.6 is 12.2 Å². The number of nitrogens with zero attached hydrogens (tertiary/aromatic N) is 1. The van der Waals surface area contributed by atoms with E-state index in [1.165, 1.54) is 4.31 Å². The Morgan fingerprint density at radius 3 is 2.62 bits per heavy atom. The Hall–Kier alpha value is -0.560. The Bertz CT molecular complexity index is 445. The molecule has 1 saturated heterocycles. The van der Waals surface area contributed by atoms with Crippen LogP contribution in [-0.4, -0.2) is 43.8 Å². The third kappa shape index (κ3) is 2.24. The fourth-order valence-electron chi connectivity index (χ4n) is 1.78. The average molecular weight is 258 g/mol. The molecule has 6 heteroatoms. The maximum Gasteiger partial charge on any atom is 0.244 e. The normalized spacial score (nSPS) is 23.2. The van der Waals surface area contributed by atoms with E-state index in [2.05, 4.69) is 5.32 Å². The van der Waals surface area contributed by atoms with Crippen LogP contribution in [0.2, 0.25) is 0 Å². The van der Waals surface area contributed by atoms with Crippen molar-refractivity contribution in [1.29, 1.82) is 0 Å². The van der Waals surface area contributed by atoms with Gasteiger partial charge in [-0.25, -0.2) is 8.42 Å². The van der Waals surface area contributed by atoms with Gasteiger partial charge in [0.15, 0.2) is 0 Å². The van der Waals surface area contributed by atoms with Gasteiger partial charge >= 0.3 is 0 Å². The van der Waals surface area contributed by atoms with Crippen molar-refractivity contribution >= 4 is 27.1 Å². The van der Waals surface area contributed by atoms with Gasteiger partial charge in [0.05, 0.1) is 4.91 Å². The minimum absolute atomic E-state index is 0.298. The number of hydrogen-bond donors (Lipinski definition) is 1. The summed E-state index contributed by atoms with van der Waals surface area (Å²) in [7, 11) is -3.37. The van der Waals surface area contributed by atoms with Crippen molar-refractivity contribution in [3.63, 3.8) is 0 Å². The molecule has 1 aliphatic heterocycles. The smallest absolute Gasteiger partial charge is 0.244 e. The monoisotopic (exact) mass is 258 g/mol. The average Bonchev–Trinajstić information content (AvgIpc) is 2.30. The van der Waals surface area contributed by atoms with E-state index in [4.69, 9.17) is 12.2 Å². The summed E-state index contributed by atoms with van der Waals surface area (Å²) in [6, 6.07) is 0. The quantitative estimate of drug-likeness (QED) is 0.730. The highest BCUT2D eigenvalue weighted by atomic mass is 32.2. The van der Waals surface area contributed by atoms with Crippen molar-refractivity contribution in [2.75, 3.05) is 26.2 Å². The highest BCUT2D eigenvalue weighted by Gasteiger charge is 2.30. The lowest BCUT2D eigenvalue weighted by molar-refractivity contribution is 0.364. The van der Waals surface area contributed by atoms with Crippen LogP contribution in [0.1, 0.15) is 6.42 Å². The van der Waals surface area contributed by atoms with E-state index in [1.54, 1.807) is 12.2 Å². The Morgan fingerprint density at radius 1 is 1.31 bits per heavy atom. The molecule has 0 aromatic carbocycles. The van der Waals surface area contributed by atoms with Gasteiger partial charge in [-0.15, -0.1) is 0 Å². The van der Waals surface area contributed by atoms with Gasteiger partial charge in [-0.3, -0.25) is 0 Å². The SMILES string of the molecule is O=S(=O)(C1=CC=CCC1=S)N1CCNCC1. The van der Waals surface area contributed by atoms with Gasteiger partial charge in [0.2, 0.25) is 10.0 Å². The van der Waals surface area contributed by atoms with Crippen LogP contribution in [0.5, 0.6) is 0 Å². The van der Waals surface area contributed by atoms with Crippen molar-refractivity contribution in [2.24, 2.45) is 0 Å². The van der Waals surface area contributed by atoms with Gasteiger partial charge in [0.1, 0.15) is 0 Å². The zero-order valence-corrected chi connectivity index (χ0v) is 10.5. The summed E-state index contributed by atoms with van der Waals surface area (Å²) in [5.41, 5.74) is 0. The predicted octanol–water partition coefficient (Wildman–Crippen LogP) is 0.435. The molecule has 1 aliphatic carbocycles. The molecule has 0 atom stereocenters. The number of rotatable bonds is 2. The largest absolute Gasteiger partial charge is 0.314 e. The summed E-state index contributed by atoms with van der Waals surface area (Å²) in [5.74, 6) is 0. The molecule has 0 spiro atoms. The molecule has 0 saturated carbocycles. The third-order valence-electron chi connectivity index (χ3n) is 2.66. The van der Waals surface area contributed by atoms with Gasteiger partial charge in [-0.1, -0.05) is 24.4 Å². The maximum atomic E-state index is 12.3. The van der Waals surface area contributed by atoms with Gasteiger partial charge in [0, 0.05) is 37.5 Å². The van der Waals surface area contributed by atoms with Crippen molar-refractivity contribution in [1.82, 2.24) is 9.62 Å². The molecule has 1 heterocycles. The van der Waals surface area contributed by atoms with E-state index in [0.29, 0.717) is 42.4 Å². The molecule has 2 aliphatic rings. The molecular weight excluding hydrogens is 244 g/mol. The van der Waals surface area contributed by atoms with Crippen LogP contribution in [-0.2, 0) is 10.0 Å². The number of thiocarbonyl (C=S) groups is 1. The lowest BCUT2D eigenvalue weighted by Crippen LogP contribution is -2.47. The molecular formula is C10H14N2O2S2. The Balaban J connectivity index is 2.27.